The smallest absolute Gasteiger partial charge is 0.262 e. The molecule has 0 heterocycles. The normalized spacial score (nSPS) is 21.0. The molecule has 0 aromatic heterocycles. The molecule has 0 radical (unpaired) electrons. The van der Waals surface area contributed by atoms with E-state index in [4.69, 9.17) is 13.9 Å². The minimum atomic E-state index is -2.12. The first kappa shape index (κ1) is 23.2. The summed E-state index contributed by atoms with van der Waals surface area (Å²) in [6, 6.07) is 0. The maximum Gasteiger partial charge on any atom is 0.262 e. The van der Waals surface area contributed by atoms with Gasteiger partial charge in [0.1, 0.15) is 0 Å². The molecule has 2 unspecified atom stereocenters. The molecular formula is C19H27F5O3Si. The fourth-order valence-electron chi connectivity index (χ4n) is 3.45. The summed E-state index contributed by atoms with van der Waals surface area (Å²) in [4.78, 5) is 0. The molecule has 2 atom stereocenters. The van der Waals surface area contributed by atoms with Crippen LogP contribution in [-0.2, 0) is 13.9 Å². The van der Waals surface area contributed by atoms with Crippen LogP contribution in [0.15, 0.2) is 0 Å². The summed E-state index contributed by atoms with van der Waals surface area (Å²) in [6.07, 6.45) is 1.90. The Morgan fingerprint density at radius 3 is 1.79 bits per heavy atom. The average molecular weight is 426 g/mol. The van der Waals surface area contributed by atoms with Gasteiger partial charge < -0.3 is 13.9 Å². The van der Waals surface area contributed by atoms with E-state index in [2.05, 4.69) is 0 Å². The molecule has 0 aliphatic heterocycles. The zero-order chi connectivity index (χ0) is 21.0. The lowest BCUT2D eigenvalue weighted by Crippen LogP contribution is -2.30. The second kappa shape index (κ2) is 10.1. The average Bonchev–Trinajstić information content (AvgIpc) is 2.62. The van der Waals surface area contributed by atoms with E-state index in [0.717, 1.165) is 6.42 Å². The summed E-state index contributed by atoms with van der Waals surface area (Å²) in [5.74, 6) is -10.1. The largest absolute Gasteiger partial charge is 0.378 e. The molecule has 1 fully saturated rings. The Kier molecular flexibility index (Phi) is 8.41. The van der Waals surface area contributed by atoms with Crippen molar-refractivity contribution in [3.8, 4) is 0 Å². The van der Waals surface area contributed by atoms with E-state index in [0.29, 0.717) is 19.3 Å². The molecule has 1 saturated carbocycles. The summed E-state index contributed by atoms with van der Waals surface area (Å²) in [6.45, 7) is 6.58. The minimum absolute atomic E-state index is 0.0303. The molecule has 0 bridgehead atoms. The maximum atomic E-state index is 14.1. The molecule has 28 heavy (non-hydrogen) atoms. The second-order valence-electron chi connectivity index (χ2n) is 7.70. The van der Waals surface area contributed by atoms with Crippen LogP contribution in [0, 0.1) is 29.1 Å². The Bertz CT molecular complexity index is 632. The van der Waals surface area contributed by atoms with Gasteiger partial charge in [0.05, 0.1) is 12.2 Å². The van der Waals surface area contributed by atoms with Gasteiger partial charge in [0.25, 0.3) is 6.48 Å². The van der Waals surface area contributed by atoms with Crippen molar-refractivity contribution >= 4 is 9.76 Å². The predicted octanol–water partition coefficient (Wildman–Crippen LogP) is 5.06. The quantitative estimate of drug-likeness (QED) is 0.191. The fourth-order valence-corrected chi connectivity index (χ4v) is 5.03. The van der Waals surface area contributed by atoms with Gasteiger partial charge in [0, 0.05) is 5.56 Å². The molecule has 0 spiro atoms. The number of halogens is 5. The van der Waals surface area contributed by atoms with E-state index in [9.17, 15) is 22.0 Å². The first-order valence-electron chi connectivity index (χ1n) is 9.55. The first-order chi connectivity index (χ1) is 13.1. The highest BCUT2D eigenvalue weighted by molar-refractivity contribution is 6.29. The Morgan fingerprint density at radius 2 is 1.29 bits per heavy atom. The van der Waals surface area contributed by atoms with E-state index >= 15 is 0 Å². The molecule has 3 nitrogen and oxygen atoms in total. The van der Waals surface area contributed by atoms with Crippen molar-refractivity contribution in [2.75, 3.05) is 0 Å². The van der Waals surface area contributed by atoms with Crippen LogP contribution in [0.1, 0.15) is 64.9 Å². The van der Waals surface area contributed by atoms with Gasteiger partial charge in [-0.05, 0) is 52.0 Å². The van der Waals surface area contributed by atoms with E-state index in [-0.39, 0.29) is 17.7 Å². The van der Waals surface area contributed by atoms with Crippen LogP contribution in [0.4, 0.5) is 22.0 Å². The van der Waals surface area contributed by atoms with Crippen molar-refractivity contribution in [3.05, 3.63) is 34.6 Å². The number of benzene rings is 1. The van der Waals surface area contributed by atoms with Gasteiger partial charge >= 0.3 is 0 Å². The van der Waals surface area contributed by atoms with E-state index in [1.165, 1.54) is 0 Å². The Labute approximate surface area is 164 Å². The summed E-state index contributed by atoms with van der Waals surface area (Å²) >= 11 is 0. The third-order valence-corrected chi connectivity index (χ3v) is 6.35. The Morgan fingerprint density at radius 1 is 0.786 bits per heavy atom. The van der Waals surface area contributed by atoms with Crippen LogP contribution in [0.25, 0.3) is 0 Å². The number of hydrogen-bond acceptors (Lipinski definition) is 3. The van der Waals surface area contributed by atoms with Gasteiger partial charge in [0.15, 0.2) is 33.0 Å². The van der Waals surface area contributed by atoms with E-state index in [1.807, 2.05) is 27.7 Å². The molecule has 1 aliphatic rings. The van der Waals surface area contributed by atoms with Crippen molar-refractivity contribution in [3.63, 3.8) is 0 Å². The minimum Gasteiger partial charge on any atom is -0.378 e. The van der Waals surface area contributed by atoms with Crippen LogP contribution in [0.3, 0.4) is 0 Å². The van der Waals surface area contributed by atoms with Crippen LogP contribution < -0.4 is 0 Å². The van der Waals surface area contributed by atoms with Gasteiger partial charge in [-0.1, -0.05) is 12.8 Å². The van der Waals surface area contributed by atoms with Crippen molar-refractivity contribution in [1.82, 2.24) is 0 Å². The summed E-state index contributed by atoms with van der Waals surface area (Å²) in [7, 11) is -1.21. The highest BCUT2D eigenvalue weighted by atomic mass is 28.2. The number of ether oxygens (including phenoxy) is 2. The molecule has 0 amide bonds. The third-order valence-electron chi connectivity index (χ3n) is 4.67. The molecule has 0 saturated heterocycles. The summed E-state index contributed by atoms with van der Waals surface area (Å²) < 4.78 is 85.6. The number of rotatable bonds is 8. The van der Waals surface area contributed by atoms with Crippen molar-refractivity contribution in [2.45, 2.75) is 83.5 Å². The maximum absolute atomic E-state index is 14.1. The lowest BCUT2D eigenvalue weighted by atomic mass is 9.83. The summed E-state index contributed by atoms with van der Waals surface area (Å²) in [5.41, 5.74) is -0.675. The highest BCUT2D eigenvalue weighted by Gasteiger charge is 2.34. The molecule has 2 rings (SSSR count). The van der Waals surface area contributed by atoms with Crippen molar-refractivity contribution < 1.29 is 35.9 Å². The topological polar surface area (TPSA) is 27.7 Å². The molecule has 1 aromatic rings. The standard InChI is InChI=1S/C19H27F5O3Si/c1-9(2)25-19(26-10(3)4)27-28-12-7-5-6-11(8-12)13-14(20)16(22)18(24)17(23)15(13)21/h9-12,19H,5-8,28H2,1-4H3. The van der Waals surface area contributed by atoms with E-state index in [1.54, 1.807) is 0 Å². The number of hydrogen-bond donors (Lipinski definition) is 0. The van der Waals surface area contributed by atoms with Crippen LogP contribution in [0.2, 0.25) is 5.54 Å². The van der Waals surface area contributed by atoms with Crippen LogP contribution >= 0.6 is 0 Å². The highest BCUT2D eigenvalue weighted by Crippen LogP contribution is 2.42. The van der Waals surface area contributed by atoms with Gasteiger partial charge in [-0.2, -0.15) is 0 Å². The van der Waals surface area contributed by atoms with Gasteiger partial charge in [-0.3, -0.25) is 0 Å². The lowest BCUT2D eigenvalue weighted by molar-refractivity contribution is -0.276. The van der Waals surface area contributed by atoms with Crippen LogP contribution in [-0.4, -0.2) is 28.4 Å². The zero-order valence-electron chi connectivity index (χ0n) is 16.5. The van der Waals surface area contributed by atoms with Gasteiger partial charge in [-0.25, -0.2) is 22.0 Å². The van der Waals surface area contributed by atoms with Gasteiger partial charge in [-0.15, -0.1) is 0 Å². The predicted molar refractivity (Wildman–Crippen MR) is 97.1 cm³/mol. The third kappa shape index (κ3) is 5.74. The first-order valence-corrected chi connectivity index (χ1v) is 10.9. The van der Waals surface area contributed by atoms with Crippen molar-refractivity contribution in [2.24, 2.45) is 0 Å². The SMILES string of the molecule is CC(C)OC(O[SiH2]C1CCCC(c2c(F)c(F)c(F)c(F)c2F)C1)OC(C)C. The molecule has 1 aromatic carbocycles. The van der Waals surface area contributed by atoms with Gasteiger partial charge in [0.2, 0.25) is 5.82 Å². The molecule has 160 valence electrons. The molecular weight excluding hydrogens is 399 g/mol. The van der Waals surface area contributed by atoms with E-state index < -0.39 is 56.8 Å². The molecule has 9 heteroatoms. The lowest BCUT2D eigenvalue weighted by Gasteiger charge is -2.31. The molecule has 0 N–H and O–H groups in total. The Balaban J connectivity index is 2.08. The monoisotopic (exact) mass is 426 g/mol. The molecule has 1 aliphatic carbocycles. The fraction of sp³-hybridized carbons (Fsp3) is 0.684. The van der Waals surface area contributed by atoms with Crippen molar-refractivity contribution in [1.29, 1.82) is 0 Å². The second-order valence-corrected chi connectivity index (χ2v) is 9.53. The zero-order valence-corrected chi connectivity index (χ0v) is 18.0. The van der Waals surface area contributed by atoms with Crippen LogP contribution in [0.5, 0.6) is 0 Å². The Hall–Kier alpha value is -1.03. The summed E-state index contributed by atoms with van der Waals surface area (Å²) in [5, 5.41) is 0.